The second kappa shape index (κ2) is 4.01. The van der Waals surface area contributed by atoms with Gasteiger partial charge in [-0.25, -0.2) is 0 Å². The van der Waals surface area contributed by atoms with Crippen molar-refractivity contribution in [1.29, 1.82) is 0 Å². The van der Waals surface area contributed by atoms with E-state index in [0.717, 1.165) is 17.1 Å². The van der Waals surface area contributed by atoms with Crippen molar-refractivity contribution in [3.8, 4) is 0 Å². The van der Waals surface area contributed by atoms with E-state index in [9.17, 15) is 0 Å². The van der Waals surface area contributed by atoms with Gasteiger partial charge in [-0.3, -0.25) is 0 Å². The van der Waals surface area contributed by atoms with Gasteiger partial charge in [0.05, 0.1) is 5.52 Å². The topological polar surface area (TPSA) is 27.8 Å². The molecule has 0 radical (unpaired) electrons. The predicted molar refractivity (Wildman–Crippen MR) is 77.6 cm³/mol. The molecule has 1 saturated carbocycles. The van der Waals surface area contributed by atoms with E-state index >= 15 is 0 Å². The molecule has 96 valence electrons. The average molecular weight is 263 g/mol. The maximum absolute atomic E-state index is 6.21. The zero-order chi connectivity index (χ0) is 12.9. The Kier molecular flexibility index (Phi) is 2.68. The molecule has 3 rings (SSSR count). The van der Waals surface area contributed by atoms with Gasteiger partial charge < -0.3 is 10.3 Å². The molecule has 1 aromatic heterocycles. The van der Waals surface area contributed by atoms with Crippen molar-refractivity contribution < 1.29 is 0 Å². The maximum atomic E-state index is 6.21. The number of hydrogen-bond donors (Lipinski definition) is 2. The Hall–Kier alpha value is -0.990. The summed E-state index contributed by atoms with van der Waals surface area (Å²) in [6.07, 6.45) is 2.56. The van der Waals surface area contributed by atoms with E-state index in [1.807, 2.05) is 13.1 Å². The quantitative estimate of drug-likeness (QED) is 0.868. The molecular weight excluding hydrogens is 244 g/mol. The number of aromatic amines is 1. The lowest BCUT2D eigenvalue weighted by Gasteiger charge is -2.15. The molecule has 18 heavy (non-hydrogen) atoms. The highest BCUT2D eigenvalue weighted by atomic mass is 35.5. The summed E-state index contributed by atoms with van der Waals surface area (Å²) in [5, 5.41) is 5.53. The molecule has 2 nitrogen and oxygen atoms in total. The van der Waals surface area contributed by atoms with Crippen LogP contribution in [-0.4, -0.2) is 18.6 Å². The second-order valence-corrected chi connectivity index (χ2v) is 5.94. The summed E-state index contributed by atoms with van der Waals surface area (Å²) in [4.78, 5) is 3.53. The number of benzene rings is 1. The lowest BCUT2D eigenvalue weighted by Crippen LogP contribution is -2.24. The van der Waals surface area contributed by atoms with Crippen LogP contribution in [0.4, 0.5) is 0 Å². The van der Waals surface area contributed by atoms with E-state index in [1.54, 1.807) is 0 Å². The number of aromatic nitrogens is 1. The number of rotatable bonds is 3. The summed E-state index contributed by atoms with van der Waals surface area (Å²) in [5.41, 5.74) is 5.49. The third kappa shape index (κ3) is 1.59. The number of fused-ring (bicyclic) bond motifs is 1. The van der Waals surface area contributed by atoms with E-state index in [2.05, 4.69) is 30.2 Å². The number of nitrogens with one attached hydrogen (secondary N) is 2. The van der Waals surface area contributed by atoms with Crippen molar-refractivity contribution in [1.82, 2.24) is 10.3 Å². The summed E-state index contributed by atoms with van der Waals surface area (Å²) in [6, 6.07) is 4.19. The molecule has 2 N–H and O–H groups in total. The van der Waals surface area contributed by atoms with Crippen molar-refractivity contribution in [2.45, 2.75) is 32.1 Å². The standard InChI is InChI=1S/C15H19ClN2/c1-9-12(16)5-4-11-13(10(2)18-14(9)11)15(6-7-15)8-17-3/h4-5,17-18H,6-8H2,1-3H3. The first-order chi connectivity index (χ1) is 8.59. The van der Waals surface area contributed by atoms with Gasteiger partial charge in [0.15, 0.2) is 0 Å². The number of H-pyrrole nitrogens is 1. The Morgan fingerprint density at radius 2 is 2.06 bits per heavy atom. The highest BCUT2D eigenvalue weighted by Crippen LogP contribution is 2.51. The van der Waals surface area contributed by atoms with Crippen LogP contribution < -0.4 is 5.32 Å². The first-order valence-electron chi connectivity index (χ1n) is 6.51. The maximum Gasteiger partial charge on any atom is 0.0503 e. The summed E-state index contributed by atoms with van der Waals surface area (Å²) in [7, 11) is 2.03. The molecule has 0 unspecified atom stereocenters. The zero-order valence-corrected chi connectivity index (χ0v) is 11.9. The Labute approximate surface area is 113 Å². The summed E-state index contributed by atoms with van der Waals surface area (Å²) in [5.74, 6) is 0. The summed E-state index contributed by atoms with van der Waals surface area (Å²) in [6.45, 7) is 5.32. The molecule has 2 aromatic rings. The minimum Gasteiger partial charge on any atom is -0.358 e. The van der Waals surface area contributed by atoms with E-state index in [4.69, 9.17) is 11.6 Å². The van der Waals surface area contributed by atoms with Gasteiger partial charge in [-0.05, 0) is 50.9 Å². The predicted octanol–water partition coefficient (Wildman–Crippen LogP) is 3.69. The Bertz CT molecular complexity index is 608. The SMILES string of the molecule is CNCC1(c2c(C)[nH]c3c(C)c(Cl)ccc23)CC1. The van der Waals surface area contributed by atoms with Crippen molar-refractivity contribution in [2.75, 3.05) is 13.6 Å². The molecule has 0 bridgehead atoms. The van der Waals surface area contributed by atoms with Crippen molar-refractivity contribution >= 4 is 22.5 Å². The fourth-order valence-electron chi connectivity index (χ4n) is 3.20. The fraction of sp³-hybridized carbons (Fsp3) is 0.467. The molecule has 0 atom stereocenters. The molecule has 1 aliphatic rings. The van der Waals surface area contributed by atoms with Gasteiger partial charge in [-0.15, -0.1) is 0 Å². The first kappa shape index (κ1) is 12.1. The molecule has 3 heteroatoms. The number of halogens is 1. The molecule has 1 aromatic carbocycles. The highest BCUT2D eigenvalue weighted by Gasteiger charge is 2.46. The average Bonchev–Trinajstić information content (AvgIpc) is 3.01. The summed E-state index contributed by atoms with van der Waals surface area (Å²) >= 11 is 6.21. The van der Waals surface area contributed by atoms with Crippen molar-refractivity contribution in [3.63, 3.8) is 0 Å². The lowest BCUT2D eigenvalue weighted by molar-refractivity contribution is 0.625. The van der Waals surface area contributed by atoms with Crippen LogP contribution in [0.1, 0.15) is 29.7 Å². The smallest absolute Gasteiger partial charge is 0.0503 e. The second-order valence-electron chi connectivity index (χ2n) is 5.53. The molecule has 0 amide bonds. The molecule has 1 heterocycles. The van der Waals surface area contributed by atoms with E-state index in [1.165, 1.54) is 35.0 Å². The minimum atomic E-state index is 0.345. The van der Waals surface area contributed by atoms with Gasteiger partial charge in [0.25, 0.3) is 0 Å². The lowest BCUT2D eigenvalue weighted by atomic mass is 9.92. The number of aryl methyl sites for hydroxylation is 2. The van der Waals surface area contributed by atoms with Crippen LogP contribution in [0.3, 0.4) is 0 Å². The largest absolute Gasteiger partial charge is 0.358 e. The van der Waals surface area contributed by atoms with Crippen LogP contribution in [0.5, 0.6) is 0 Å². The first-order valence-corrected chi connectivity index (χ1v) is 6.89. The normalized spacial score (nSPS) is 17.3. The van der Waals surface area contributed by atoms with E-state index < -0.39 is 0 Å². The Morgan fingerprint density at radius 1 is 1.33 bits per heavy atom. The number of likely N-dealkylation sites (N-methyl/N-ethyl adjacent to an activating group) is 1. The Balaban J connectivity index is 2.24. The molecule has 0 spiro atoms. The van der Waals surface area contributed by atoms with Crippen LogP contribution in [0, 0.1) is 13.8 Å². The zero-order valence-electron chi connectivity index (χ0n) is 11.2. The van der Waals surface area contributed by atoms with Crippen LogP contribution in [0.2, 0.25) is 5.02 Å². The van der Waals surface area contributed by atoms with Gasteiger partial charge >= 0.3 is 0 Å². The van der Waals surface area contributed by atoms with Gasteiger partial charge in [-0.1, -0.05) is 17.7 Å². The van der Waals surface area contributed by atoms with Gasteiger partial charge in [0.2, 0.25) is 0 Å². The van der Waals surface area contributed by atoms with Crippen LogP contribution in [0.15, 0.2) is 12.1 Å². The van der Waals surface area contributed by atoms with Crippen molar-refractivity contribution in [2.24, 2.45) is 0 Å². The minimum absolute atomic E-state index is 0.345. The van der Waals surface area contributed by atoms with E-state index in [-0.39, 0.29) is 0 Å². The molecular formula is C15H19ClN2. The van der Waals surface area contributed by atoms with Crippen LogP contribution >= 0.6 is 11.6 Å². The van der Waals surface area contributed by atoms with Gasteiger partial charge in [-0.2, -0.15) is 0 Å². The van der Waals surface area contributed by atoms with Gasteiger partial charge in [0, 0.05) is 28.1 Å². The Morgan fingerprint density at radius 3 is 2.67 bits per heavy atom. The van der Waals surface area contributed by atoms with Crippen LogP contribution in [0.25, 0.3) is 10.9 Å². The highest BCUT2D eigenvalue weighted by molar-refractivity contribution is 6.32. The molecule has 1 fully saturated rings. The van der Waals surface area contributed by atoms with Crippen LogP contribution in [-0.2, 0) is 5.41 Å². The molecule has 1 aliphatic carbocycles. The van der Waals surface area contributed by atoms with Crippen molar-refractivity contribution in [3.05, 3.63) is 34.0 Å². The monoisotopic (exact) mass is 262 g/mol. The number of hydrogen-bond acceptors (Lipinski definition) is 1. The van der Waals surface area contributed by atoms with Gasteiger partial charge in [0.1, 0.15) is 0 Å². The summed E-state index contributed by atoms with van der Waals surface area (Å²) < 4.78 is 0. The molecule has 0 aliphatic heterocycles. The molecule has 0 saturated heterocycles. The third-order valence-corrected chi connectivity index (χ3v) is 4.66. The van der Waals surface area contributed by atoms with E-state index in [0.29, 0.717) is 5.41 Å². The fourth-order valence-corrected chi connectivity index (χ4v) is 3.35. The third-order valence-electron chi connectivity index (χ3n) is 4.25.